The van der Waals surface area contributed by atoms with Gasteiger partial charge in [0.1, 0.15) is 18.3 Å². The number of carbonyl (C=O) groups is 1. The SMILES string of the molecule is CCOC(=O)C[C@H](NC1CC1)[C@H]1O[C@@H]2OC(C)(C)O[C@@H]2[C@H]1OCc1ccccc1. The largest absolute Gasteiger partial charge is 0.466 e. The van der Waals surface area contributed by atoms with E-state index in [4.69, 9.17) is 23.7 Å². The Kier molecular flexibility index (Phi) is 6.22. The van der Waals surface area contributed by atoms with Gasteiger partial charge in [0.25, 0.3) is 0 Å². The molecule has 3 fully saturated rings. The van der Waals surface area contributed by atoms with Gasteiger partial charge < -0.3 is 29.0 Å². The predicted molar refractivity (Wildman–Crippen MR) is 105 cm³/mol. The van der Waals surface area contributed by atoms with Crippen molar-refractivity contribution in [2.24, 2.45) is 0 Å². The van der Waals surface area contributed by atoms with Gasteiger partial charge in [-0.25, -0.2) is 0 Å². The second-order valence-corrected chi connectivity index (χ2v) is 8.39. The molecule has 0 aromatic heterocycles. The monoisotopic (exact) mass is 405 g/mol. The Morgan fingerprint density at radius 3 is 2.69 bits per heavy atom. The molecule has 1 aromatic carbocycles. The smallest absolute Gasteiger partial charge is 0.307 e. The number of ether oxygens (including phenoxy) is 5. The van der Waals surface area contributed by atoms with Crippen LogP contribution in [-0.4, -0.2) is 55.0 Å². The van der Waals surface area contributed by atoms with Gasteiger partial charge in [-0.2, -0.15) is 0 Å². The first-order valence-corrected chi connectivity index (χ1v) is 10.5. The highest BCUT2D eigenvalue weighted by Gasteiger charge is 2.57. The van der Waals surface area contributed by atoms with Gasteiger partial charge in [-0.15, -0.1) is 0 Å². The number of benzene rings is 1. The summed E-state index contributed by atoms with van der Waals surface area (Å²) in [6, 6.07) is 10.2. The van der Waals surface area contributed by atoms with E-state index in [1.807, 2.05) is 51.1 Å². The Balaban J connectivity index is 1.50. The van der Waals surface area contributed by atoms with Crippen LogP contribution in [0.1, 0.15) is 45.6 Å². The van der Waals surface area contributed by atoms with Crippen LogP contribution in [0.2, 0.25) is 0 Å². The third kappa shape index (κ3) is 5.16. The first kappa shape index (κ1) is 20.8. The number of rotatable bonds is 9. The number of carbonyl (C=O) groups excluding carboxylic acids is 1. The average Bonchev–Trinajstić information content (AvgIpc) is 3.36. The van der Waals surface area contributed by atoms with Crippen LogP contribution >= 0.6 is 0 Å². The first-order valence-electron chi connectivity index (χ1n) is 10.5. The van der Waals surface area contributed by atoms with Crippen LogP contribution in [0, 0.1) is 0 Å². The lowest BCUT2D eigenvalue weighted by atomic mass is 10.00. The van der Waals surface area contributed by atoms with E-state index < -0.39 is 12.1 Å². The molecule has 2 saturated heterocycles. The molecular weight excluding hydrogens is 374 g/mol. The molecule has 160 valence electrons. The number of fused-ring (bicyclic) bond motifs is 1. The molecule has 0 spiro atoms. The molecule has 1 aliphatic carbocycles. The molecule has 29 heavy (non-hydrogen) atoms. The summed E-state index contributed by atoms with van der Waals surface area (Å²) >= 11 is 0. The van der Waals surface area contributed by atoms with Crippen LogP contribution in [0.5, 0.6) is 0 Å². The maximum atomic E-state index is 12.2. The molecular formula is C22H31NO6. The predicted octanol–water partition coefficient (Wildman–Crippen LogP) is 2.52. The van der Waals surface area contributed by atoms with E-state index >= 15 is 0 Å². The van der Waals surface area contributed by atoms with Crippen LogP contribution in [0.4, 0.5) is 0 Å². The topological polar surface area (TPSA) is 75.3 Å². The summed E-state index contributed by atoms with van der Waals surface area (Å²) in [6.07, 6.45) is 0.861. The van der Waals surface area contributed by atoms with Crippen molar-refractivity contribution in [3.8, 4) is 0 Å². The average molecular weight is 405 g/mol. The normalized spacial score (nSPS) is 31.4. The molecule has 0 radical (unpaired) electrons. The molecule has 0 amide bonds. The van der Waals surface area contributed by atoms with Crippen LogP contribution in [0.25, 0.3) is 0 Å². The number of nitrogens with one attached hydrogen (secondary N) is 1. The van der Waals surface area contributed by atoms with Gasteiger partial charge in [-0.3, -0.25) is 4.79 Å². The van der Waals surface area contributed by atoms with E-state index in [0.29, 0.717) is 19.3 Å². The molecule has 5 atom stereocenters. The van der Waals surface area contributed by atoms with Crippen molar-refractivity contribution in [1.82, 2.24) is 5.32 Å². The molecule has 7 nitrogen and oxygen atoms in total. The van der Waals surface area contributed by atoms with Gasteiger partial charge in [0.2, 0.25) is 0 Å². The van der Waals surface area contributed by atoms with E-state index in [2.05, 4.69) is 5.32 Å². The summed E-state index contributed by atoms with van der Waals surface area (Å²) in [5, 5.41) is 3.54. The minimum Gasteiger partial charge on any atom is -0.466 e. The lowest BCUT2D eigenvalue weighted by Gasteiger charge is -2.31. The molecule has 2 heterocycles. The second kappa shape index (κ2) is 8.70. The highest BCUT2D eigenvalue weighted by atomic mass is 16.8. The van der Waals surface area contributed by atoms with Gasteiger partial charge >= 0.3 is 5.97 Å². The minimum absolute atomic E-state index is 0.219. The van der Waals surface area contributed by atoms with Gasteiger partial charge in [-0.05, 0) is 39.2 Å². The van der Waals surface area contributed by atoms with E-state index in [0.717, 1.165) is 18.4 Å². The fourth-order valence-electron chi connectivity index (χ4n) is 4.01. The van der Waals surface area contributed by atoms with E-state index in [1.165, 1.54) is 0 Å². The zero-order chi connectivity index (χ0) is 20.4. The van der Waals surface area contributed by atoms with Crippen LogP contribution < -0.4 is 5.32 Å². The molecule has 4 rings (SSSR count). The molecule has 0 bridgehead atoms. The summed E-state index contributed by atoms with van der Waals surface area (Å²) in [6.45, 7) is 6.36. The van der Waals surface area contributed by atoms with Crippen molar-refractivity contribution in [2.75, 3.05) is 6.61 Å². The number of hydrogen-bond donors (Lipinski definition) is 1. The second-order valence-electron chi connectivity index (χ2n) is 8.39. The summed E-state index contributed by atoms with van der Waals surface area (Å²) in [4.78, 5) is 12.2. The molecule has 2 aliphatic heterocycles. The summed E-state index contributed by atoms with van der Waals surface area (Å²) in [5.74, 6) is -0.967. The van der Waals surface area contributed by atoms with Crippen LogP contribution in [-0.2, 0) is 35.1 Å². The third-order valence-corrected chi connectivity index (χ3v) is 5.43. The van der Waals surface area contributed by atoms with Gasteiger partial charge in [0.05, 0.1) is 19.6 Å². The van der Waals surface area contributed by atoms with Crippen molar-refractivity contribution in [3.05, 3.63) is 35.9 Å². The molecule has 1 N–H and O–H groups in total. The maximum absolute atomic E-state index is 12.2. The zero-order valence-corrected chi connectivity index (χ0v) is 17.3. The first-order chi connectivity index (χ1) is 13.9. The highest BCUT2D eigenvalue weighted by molar-refractivity contribution is 5.70. The Labute approximate surface area is 172 Å². The summed E-state index contributed by atoms with van der Waals surface area (Å²) in [7, 11) is 0. The van der Waals surface area contributed by atoms with Crippen molar-refractivity contribution in [1.29, 1.82) is 0 Å². The van der Waals surface area contributed by atoms with Gasteiger partial charge in [-0.1, -0.05) is 30.3 Å². The van der Waals surface area contributed by atoms with Crippen LogP contribution in [0.15, 0.2) is 30.3 Å². The van der Waals surface area contributed by atoms with E-state index in [1.54, 1.807) is 0 Å². The fourth-order valence-corrected chi connectivity index (χ4v) is 4.01. The van der Waals surface area contributed by atoms with Gasteiger partial charge in [0.15, 0.2) is 12.1 Å². The molecule has 3 aliphatic rings. The van der Waals surface area contributed by atoms with Crippen molar-refractivity contribution in [2.45, 2.75) is 89.1 Å². The van der Waals surface area contributed by atoms with Crippen LogP contribution in [0.3, 0.4) is 0 Å². The van der Waals surface area contributed by atoms with Crippen molar-refractivity contribution >= 4 is 5.97 Å². The number of esters is 1. The lowest BCUT2D eigenvalue weighted by molar-refractivity contribution is -0.223. The highest BCUT2D eigenvalue weighted by Crippen LogP contribution is 2.40. The minimum atomic E-state index is -0.727. The molecule has 1 saturated carbocycles. The van der Waals surface area contributed by atoms with Gasteiger partial charge in [0, 0.05) is 12.1 Å². The Hall–Kier alpha value is -1.51. The summed E-state index contributed by atoms with van der Waals surface area (Å²) in [5.41, 5.74) is 1.07. The Morgan fingerprint density at radius 1 is 1.24 bits per heavy atom. The Bertz CT molecular complexity index is 692. The molecule has 0 unspecified atom stereocenters. The van der Waals surface area contributed by atoms with Crippen molar-refractivity contribution in [3.63, 3.8) is 0 Å². The van der Waals surface area contributed by atoms with E-state index in [-0.39, 0.29) is 36.7 Å². The van der Waals surface area contributed by atoms with Crippen molar-refractivity contribution < 1.29 is 28.5 Å². The molecule has 1 aromatic rings. The zero-order valence-electron chi connectivity index (χ0n) is 17.3. The standard InChI is InChI=1S/C22H31NO6/c1-4-25-17(24)12-16(23-15-10-11-15)18-19(26-13-14-8-6-5-7-9-14)20-21(27-18)29-22(2,3)28-20/h5-9,15-16,18-21,23H,4,10-13H2,1-3H3/t16-,18+,19-,20+,21+/m0/s1. The Morgan fingerprint density at radius 2 is 2.00 bits per heavy atom. The quantitative estimate of drug-likeness (QED) is 0.633. The number of hydrogen-bond acceptors (Lipinski definition) is 7. The maximum Gasteiger partial charge on any atom is 0.307 e. The summed E-state index contributed by atoms with van der Waals surface area (Å²) < 4.78 is 29.8. The fraction of sp³-hybridized carbons (Fsp3) is 0.682. The lowest BCUT2D eigenvalue weighted by Crippen LogP contribution is -2.50. The third-order valence-electron chi connectivity index (χ3n) is 5.43. The van der Waals surface area contributed by atoms with E-state index in [9.17, 15) is 4.79 Å². The molecule has 7 heteroatoms.